The number of aliphatic hydroxyl groups is 1. The molecule has 2 N–H and O–H groups in total. The Morgan fingerprint density at radius 1 is 1.42 bits per heavy atom. The highest BCUT2D eigenvalue weighted by atomic mass is 16.5. The Kier molecular flexibility index (Phi) is 4.94. The van der Waals surface area contributed by atoms with Crippen LogP contribution in [0.5, 0.6) is 0 Å². The van der Waals surface area contributed by atoms with E-state index in [0.29, 0.717) is 12.2 Å². The lowest BCUT2D eigenvalue weighted by Crippen LogP contribution is -2.48. The summed E-state index contributed by atoms with van der Waals surface area (Å²) in [5, 5.41) is 16.6. The second-order valence-electron chi connectivity index (χ2n) is 6.56. The van der Waals surface area contributed by atoms with Crippen LogP contribution in [0.4, 0.5) is 0 Å². The Labute approximate surface area is 141 Å². The number of amides is 1. The second-order valence-corrected chi connectivity index (χ2v) is 6.56. The molecule has 1 saturated carbocycles. The quantitative estimate of drug-likeness (QED) is 0.842. The van der Waals surface area contributed by atoms with E-state index in [4.69, 9.17) is 4.52 Å². The first-order valence-corrected chi connectivity index (χ1v) is 8.32. The van der Waals surface area contributed by atoms with Crippen molar-refractivity contribution in [3.63, 3.8) is 0 Å². The van der Waals surface area contributed by atoms with E-state index in [1.807, 2.05) is 32.0 Å². The van der Waals surface area contributed by atoms with E-state index in [0.717, 1.165) is 29.8 Å². The van der Waals surface area contributed by atoms with Crippen molar-refractivity contribution < 1.29 is 14.4 Å². The second kappa shape index (κ2) is 7.13. The van der Waals surface area contributed by atoms with Gasteiger partial charge >= 0.3 is 0 Å². The van der Waals surface area contributed by atoms with Gasteiger partial charge in [0.05, 0.1) is 18.2 Å². The van der Waals surface area contributed by atoms with Crippen LogP contribution in [-0.2, 0) is 17.6 Å². The van der Waals surface area contributed by atoms with E-state index < -0.39 is 0 Å². The number of pyridine rings is 1. The van der Waals surface area contributed by atoms with Crippen LogP contribution >= 0.6 is 0 Å². The van der Waals surface area contributed by atoms with Gasteiger partial charge in [-0.05, 0) is 44.7 Å². The molecule has 1 fully saturated rings. The highest BCUT2D eigenvalue weighted by Gasteiger charge is 2.35. The van der Waals surface area contributed by atoms with Gasteiger partial charge in [-0.15, -0.1) is 0 Å². The number of aryl methyl sites for hydroxylation is 2. The molecule has 0 aliphatic heterocycles. The summed E-state index contributed by atoms with van der Waals surface area (Å²) in [7, 11) is 0. The molecule has 128 valence electrons. The van der Waals surface area contributed by atoms with E-state index in [2.05, 4.69) is 15.5 Å². The SMILES string of the molecule is Cc1noc(C)c1CC(=O)N[C@@H](Cc1ccccn1)C1CC(O)C1. The monoisotopic (exact) mass is 329 g/mol. The molecule has 1 amide bonds. The van der Waals surface area contributed by atoms with Gasteiger partial charge in [0.15, 0.2) is 0 Å². The van der Waals surface area contributed by atoms with Crippen LogP contribution in [-0.4, -0.2) is 33.3 Å². The predicted molar refractivity (Wildman–Crippen MR) is 88.3 cm³/mol. The van der Waals surface area contributed by atoms with Crippen molar-refractivity contribution in [2.45, 2.75) is 51.7 Å². The van der Waals surface area contributed by atoms with E-state index >= 15 is 0 Å². The predicted octanol–water partition coefficient (Wildman–Crippen LogP) is 1.73. The van der Waals surface area contributed by atoms with E-state index in [-0.39, 0.29) is 30.4 Å². The molecular formula is C18H23N3O3. The molecule has 0 bridgehead atoms. The van der Waals surface area contributed by atoms with Crippen molar-refractivity contribution in [2.75, 3.05) is 0 Å². The number of nitrogens with one attached hydrogen (secondary N) is 1. The first-order chi connectivity index (χ1) is 11.5. The minimum Gasteiger partial charge on any atom is -0.393 e. The molecular weight excluding hydrogens is 306 g/mol. The Bertz CT molecular complexity index is 673. The average Bonchev–Trinajstić information content (AvgIpc) is 2.84. The Balaban J connectivity index is 1.66. The van der Waals surface area contributed by atoms with Gasteiger partial charge in [-0.2, -0.15) is 0 Å². The first kappa shape index (κ1) is 16.6. The molecule has 0 saturated heterocycles. The van der Waals surface area contributed by atoms with Crippen molar-refractivity contribution in [1.82, 2.24) is 15.5 Å². The molecule has 1 aliphatic rings. The van der Waals surface area contributed by atoms with Crippen molar-refractivity contribution in [2.24, 2.45) is 5.92 Å². The summed E-state index contributed by atoms with van der Waals surface area (Å²) in [5.41, 5.74) is 2.54. The molecule has 1 aliphatic carbocycles. The van der Waals surface area contributed by atoms with Gasteiger partial charge in [-0.3, -0.25) is 9.78 Å². The van der Waals surface area contributed by atoms with Crippen LogP contribution < -0.4 is 5.32 Å². The molecule has 0 radical (unpaired) electrons. The minimum absolute atomic E-state index is 0.0173. The number of hydrogen-bond acceptors (Lipinski definition) is 5. The molecule has 3 rings (SSSR count). The van der Waals surface area contributed by atoms with E-state index in [1.54, 1.807) is 6.20 Å². The van der Waals surface area contributed by atoms with Crippen molar-refractivity contribution in [3.8, 4) is 0 Å². The Morgan fingerprint density at radius 3 is 2.79 bits per heavy atom. The molecule has 6 heteroatoms. The first-order valence-electron chi connectivity index (χ1n) is 8.32. The molecule has 2 heterocycles. The van der Waals surface area contributed by atoms with Crippen LogP contribution in [0.3, 0.4) is 0 Å². The molecule has 0 aromatic carbocycles. The summed E-state index contributed by atoms with van der Waals surface area (Å²) in [6.45, 7) is 3.66. The molecule has 0 unspecified atom stereocenters. The van der Waals surface area contributed by atoms with Gasteiger partial charge in [0.2, 0.25) is 5.91 Å². The minimum atomic E-state index is -0.249. The molecule has 24 heavy (non-hydrogen) atoms. The summed E-state index contributed by atoms with van der Waals surface area (Å²) in [6, 6.07) is 5.77. The molecule has 2 aromatic rings. The molecule has 1 atom stereocenters. The van der Waals surface area contributed by atoms with Crippen LogP contribution in [0.1, 0.15) is 35.6 Å². The highest BCUT2D eigenvalue weighted by Crippen LogP contribution is 2.31. The largest absolute Gasteiger partial charge is 0.393 e. The van der Waals surface area contributed by atoms with Gasteiger partial charge in [0.25, 0.3) is 0 Å². The van der Waals surface area contributed by atoms with Gasteiger partial charge in [0, 0.05) is 29.9 Å². The summed E-state index contributed by atoms with van der Waals surface area (Å²) >= 11 is 0. The lowest BCUT2D eigenvalue weighted by Gasteiger charge is -2.38. The molecule has 6 nitrogen and oxygen atoms in total. The van der Waals surface area contributed by atoms with Gasteiger partial charge in [0.1, 0.15) is 5.76 Å². The summed E-state index contributed by atoms with van der Waals surface area (Å²) in [5.74, 6) is 0.922. The van der Waals surface area contributed by atoms with Crippen molar-refractivity contribution in [3.05, 3.63) is 47.1 Å². The molecule has 2 aromatic heterocycles. The van der Waals surface area contributed by atoms with Gasteiger partial charge in [-0.25, -0.2) is 0 Å². The zero-order valence-electron chi connectivity index (χ0n) is 14.0. The van der Waals surface area contributed by atoms with Crippen LogP contribution in [0.15, 0.2) is 28.9 Å². The summed E-state index contributed by atoms with van der Waals surface area (Å²) in [4.78, 5) is 16.8. The standard InChI is InChI=1S/C18H23N3O3/c1-11-16(12(2)24-21-11)10-18(23)20-17(13-7-15(22)8-13)9-14-5-3-4-6-19-14/h3-6,13,15,17,22H,7-10H2,1-2H3,(H,20,23)/t13?,15?,17-/m0/s1. The smallest absolute Gasteiger partial charge is 0.224 e. The number of aromatic nitrogens is 2. The zero-order valence-corrected chi connectivity index (χ0v) is 14.0. The number of carbonyl (C=O) groups excluding carboxylic acids is 1. The van der Waals surface area contributed by atoms with E-state index in [9.17, 15) is 9.90 Å². The van der Waals surface area contributed by atoms with Crippen LogP contribution in [0, 0.1) is 19.8 Å². The fraction of sp³-hybridized carbons (Fsp3) is 0.500. The third-order valence-corrected chi connectivity index (χ3v) is 4.74. The lowest BCUT2D eigenvalue weighted by atomic mass is 9.76. The van der Waals surface area contributed by atoms with E-state index in [1.165, 1.54) is 0 Å². The topological polar surface area (TPSA) is 88.3 Å². The van der Waals surface area contributed by atoms with Gasteiger partial charge < -0.3 is 14.9 Å². The zero-order chi connectivity index (χ0) is 17.1. The van der Waals surface area contributed by atoms with Crippen molar-refractivity contribution >= 4 is 5.91 Å². The van der Waals surface area contributed by atoms with Gasteiger partial charge in [-0.1, -0.05) is 11.2 Å². The number of nitrogens with zero attached hydrogens (tertiary/aromatic N) is 2. The third kappa shape index (κ3) is 3.82. The Hall–Kier alpha value is -2.21. The number of hydrogen-bond donors (Lipinski definition) is 2. The maximum Gasteiger partial charge on any atom is 0.224 e. The third-order valence-electron chi connectivity index (χ3n) is 4.74. The summed E-state index contributed by atoms with van der Waals surface area (Å²) < 4.78 is 5.12. The lowest BCUT2D eigenvalue weighted by molar-refractivity contribution is -0.122. The number of rotatable bonds is 6. The van der Waals surface area contributed by atoms with Crippen LogP contribution in [0.25, 0.3) is 0 Å². The normalized spacial score (nSPS) is 21.1. The summed E-state index contributed by atoms with van der Waals surface area (Å²) in [6.07, 6.45) is 3.89. The maximum atomic E-state index is 12.5. The highest BCUT2D eigenvalue weighted by molar-refractivity contribution is 5.79. The van der Waals surface area contributed by atoms with Crippen LogP contribution in [0.2, 0.25) is 0 Å². The van der Waals surface area contributed by atoms with Crippen molar-refractivity contribution in [1.29, 1.82) is 0 Å². The number of carbonyl (C=O) groups is 1. The maximum absolute atomic E-state index is 12.5. The average molecular weight is 329 g/mol. The fourth-order valence-electron chi connectivity index (χ4n) is 3.21. The fourth-order valence-corrected chi connectivity index (χ4v) is 3.21. The molecule has 0 spiro atoms. The Morgan fingerprint density at radius 2 is 2.21 bits per heavy atom. The number of aliphatic hydroxyl groups excluding tert-OH is 1.